The number of carbonyl (C=O) groups excluding carboxylic acids is 2. The van der Waals surface area contributed by atoms with Crippen LogP contribution in [0, 0.1) is 0 Å². The average Bonchev–Trinajstić information content (AvgIpc) is 3.09. The Bertz CT molecular complexity index is 1190. The van der Waals surface area contributed by atoms with Gasteiger partial charge in [-0.15, -0.1) is 0 Å². The summed E-state index contributed by atoms with van der Waals surface area (Å²) in [6.07, 6.45) is 0.671. The molecule has 1 atom stereocenters. The van der Waals surface area contributed by atoms with E-state index in [0.717, 1.165) is 11.3 Å². The van der Waals surface area contributed by atoms with E-state index in [4.69, 9.17) is 28.6 Å². The minimum Gasteiger partial charge on any atom is -0.494 e. The van der Waals surface area contributed by atoms with Crippen LogP contribution in [0.3, 0.4) is 0 Å². The van der Waals surface area contributed by atoms with Crippen molar-refractivity contribution in [1.82, 2.24) is 4.90 Å². The molecule has 1 saturated heterocycles. The number of rotatable bonds is 9. The lowest BCUT2D eigenvalue weighted by Gasteiger charge is -2.24. The maximum absolute atomic E-state index is 13.5. The number of carbonyl (C=O) groups is 2. The van der Waals surface area contributed by atoms with Crippen LogP contribution >= 0.6 is 23.8 Å². The van der Waals surface area contributed by atoms with E-state index in [9.17, 15) is 9.59 Å². The summed E-state index contributed by atoms with van der Waals surface area (Å²) in [6, 6.07) is 23.4. The lowest BCUT2D eigenvalue weighted by atomic mass is 10.1. The van der Waals surface area contributed by atoms with E-state index in [-0.39, 0.29) is 18.2 Å². The fourth-order valence-corrected chi connectivity index (χ4v) is 4.54. The van der Waals surface area contributed by atoms with Crippen molar-refractivity contribution in [3.05, 3.63) is 89.4 Å². The van der Waals surface area contributed by atoms with Crippen LogP contribution in [0.4, 0.5) is 11.4 Å². The molecule has 1 heterocycles. The van der Waals surface area contributed by atoms with E-state index in [0.29, 0.717) is 41.1 Å². The van der Waals surface area contributed by atoms with Crippen molar-refractivity contribution in [1.29, 1.82) is 0 Å². The van der Waals surface area contributed by atoms with Crippen LogP contribution in [0.15, 0.2) is 78.9 Å². The van der Waals surface area contributed by atoms with E-state index in [1.165, 1.54) is 4.90 Å². The van der Waals surface area contributed by atoms with Crippen LogP contribution in [0.5, 0.6) is 5.75 Å². The molecule has 1 fully saturated rings. The summed E-state index contributed by atoms with van der Waals surface area (Å²) in [4.78, 5) is 29.8. The van der Waals surface area contributed by atoms with Gasteiger partial charge in [0.25, 0.3) is 5.91 Å². The van der Waals surface area contributed by atoms with Gasteiger partial charge in [0.05, 0.1) is 18.7 Å². The first-order valence-electron chi connectivity index (χ1n) is 11.4. The van der Waals surface area contributed by atoms with Gasteiger partial charge in [0.2, 0.25) is 5.91 Å². The third-order valence-electron chi connectivity index (χ3n) is 5.72. The minimum absolute atomic E-state index is 0.0228. The van der Waals surface area contributed by atoms with Crippen molar-refractivity contribution in [2.24, 2.45) is 0 Å². The molecule has 3 aromatic rings. The van der Waals surface area contributed by atoms with Gasteiger partial charge in [-0.25, -0.2) is 0 Å². The fraction of sp³-hybridized carbons (Fsp3) is 0.222. The summed E-state index contributed by atoms with van der Waals surface area (Å²) >= 11 is 11.8. The molecule has 4 rings (SSSR count). The average molecular weight is 508 g/mol. The molecule has 1 unspecified atom stereocenters. The second kappa shape index (κ2) is 11.3. The predicted octanol–water partition coefficient (Wildman–Crippen LogP) is 5.31. The highest BCUT2D eigenvalue weighted by molar-refractivity contribution is 7.80. The number of nitrogens with zero attached hydrogens (tertiary/aromatic N) is 2. The summed E-state index contributed by atoms with van der Waals surface area (Å²) < 4.78 is 5.45. The third kappa shape index (κ3) is 5.99. The number of hydrogen-bond acceptors (Lipinski definition) is 4. The Labute approximate surface area is 215 Å². The smallest absolute Gasteiger partial charge is 0.256 e. The molecule has 0 aromatic heterocycles. The van der Waals surface area contributed by atoms with Crippen LogP contribution < -0.4 is 15.0 Å². The molecule has 3 aromatic carbocycles. The largest absolute Gasteiger partial charge is 0.494 e. The quantitative estimate of drug-likeness (QED) is 0.397. The SMILES string of the molecule is CCOc1ccc(NC(=O)CC2C(=O)N(c3ccc(Cl)cc3)C(=S)N2CCc2ccccc2)cc1. The lowest BCUT2D eigenvalue weighted by molar-refractivity contribution is -0.124. The number of halogens is 1. The maximum atomic E-state index is 13.5. The monoisotopic (exact) mass is 507 g/mol. The van der Waals surface area contributed by atoms with Gasteiger partial charge >= 0.3 is 0 Å². The maximum Gasteiger partial charge on any atom is 0.256 e. The van der Waals surface area contributed by atoms with Crippen molar-refractivity contribution in [3.63, 3.8) is 0 Å². The van der Waals surface area contributed by atoms with Gasteiger partial charge in [-0.05, 0) is 79.7 Å². The highest BCUT2D eigenvalue weighted by Gasteiger charge is 2.43. The molecule has 0 bridgehead atoms. The van der Waals surface area contributed by atoms with Gasteiger partial charge in [0, 0.05) is 17.3 Å². The fourth-order valence-electron chi connectivity index (χ4n) is 4.00. The molecule has 35 heavy (non-hydrogen) atoms. The molecule has 0 radical (unpaired) electrons. The number of anilines is 2. The molecule has 1 aliphatic rings. The zero-order valence-electron chi connectivity index (χ0n) is 19.3. The molecule has 0 saturated carbocycles. The predicted molar refractivity (Wildman–Crippen MR) is 143 cm³/mol. The van der Waals surface area contributed by atoms with E-state index < -0.39 is 6.04 Å². The molecule has 0 aliphatic carbocycles. The summed E-state index contributed by atoms with van der Waals surface area (Å²) in [5, 5.41) is 3.83. The van der Waals surface area contributed by atoms with E-state index >= 15 is 0 Å². The topological polar surface area (TPSA) is 61.9 Å². The summed E-state index contributed by atoms with van der Waals surface area (Å²) in [6.45, 7) is 2.99. The highest BCUT2D eigenvalue weighted by atomic mass is 35.5. The molecule has 0 spiro atoms. The Hall–Kier alpha value is -3.42. The van der Waals surface area contributed by atoms with Crippen molar-refractivity contribution >= 4 is 52.1 Å². The van der Waals surface area contributed by atoms with Crippen LogP contribution in [0.1, 0.15) is 18.9 Å². The summed E-state index contributed by atoms with van der Waals surface area (Å²) in [5.41, 5.74) is 2.39. The Morgan fingerprint density at radius 2 is 1.71 bits per heavy atom. The first-order chi connectivity index (χ1) is 17.0. The van der Waals surface area contributed by atoms with Crippen molar-refractivity contribution in [2.75, 3.05) is 23.4 Å². The van der Waals surface area contributed by atoms with Gasteiger partial charge < -0.3 is 15.0 Å². The van der Waals surface area contributed by atoms with Crippen molar-refractivity contribution in [2.45, 2.75) is 25.8 Å². The number of thiocarbonyl (C=S) groups is 1. The molecule has 2 amide bonds. The summed E-state index contributed by atoms with van der Waals surface area (Å²) in [5.74, 6) is 0.234. The Balaban J connectivity index is 1.52. The molecule has 1 N–H and O–H groups in total. The van der Waals surface area contributed by atoms with Crippen LogP contribution in [-0.4, -0.2) is 41.0 Å². The van der Waals surface area contributed by atoms with Gasteiger partial charge in [-0.3, -0.25) is 14.5 Å². The highest BCUT2D eigenvalue weighted by Crippen LogP contribution is 2.29. The first-order valence-corrected chi connectivity index (χ1v) is 12.2. The first kappa shape index (κ1) is 24.7. The number of amides is 2. The van der Waals surface area contributed by atoms with Gasteiger partial charge in [-0.2, -0.15) is 0 Å². The molecular formula is C27H26ClN3O3S. The van der Waals surface area contributed by atoms with E-state index in [1.54, 1.807) is 48.5 Å². The van der Waals surface area contributed by atoms with Crippen LogP contribution in [0.2, 0.25) is 5.02 Å². The van der Waals surface area contributed by atoms with Crippen molar-refractivity contribution in [3.8, 4) is 5.75 Å². The Morgan fingerprint density at radius 3 is 2.37 bits per heavy atom. The zero-order chi connectivity index (χ0) is 24.8. The second-order valence-electron chi connectivity index (χ2n) is 8.09. The number of nitrogens with one attached hydrogen (secondary N) is 1. The number of hydrogen-bond donors (Lipinski definition) is 1. The van der Waals surface area contributed by atoms with E-state index in [1.807, 2.05) is 42.2 Å². The molecule has 1 aliphatic heterocycles. The summed E-state index contributed by atoms with van der Waals surface area (Å²) in [7, 11) is 0. The Morgan fingerprint density at radius 1 is 1.03 bits per heavy atom. The van der Waals surface area contributed by atoms with Crippen LogP contribution in [-0.2, 0) is 16.0 Å². The normalized spacial score (nSPS) is 15.4. The van der Waals surface area contributed by atoms with Crippen molar-refractivity contribution < 1.29 is 14.3 Å². The van der Waals surface area contributed by atoms with E-state index in [2.05, 4.69) is 5.32 Å². The molecule has 6 nitrogen and oxygen atoms in total. The lowest BCUT2D eigenvalue weighted by Crippen LogP contribution is -2.39. The van der Waals surface area contributed by atoms with Gasteiger partial charge in [-0.1, -0.05) is 41.9 Å². The zero-order valence-corrected chi connectivity index (χ0v) is 20.9. The Kier molecular flexibility index (Phi) is 8.00. The molecule has 180 valence electrons. The molecular weight excluding hydrogens is 482 g/mol. The second-order valence-corrected chi connectivity index (χ2v) is 8.89. The van der Waals surface area contributed by atoms with Gasteiger partial charge in [0.15, 0.2) is 5.11 Å². The van der Waals surface area contributed by atoms with Gasteiger partial charge in [0.1, 0.15) is 11.8 Å². The number of ether oxygens (including phenoxy) is 1. The third-order valence-corrected chi connectivity index (χ3v) is 6.38. The minimum atomic E-state index is -0.704. The van der Waals surface area contributed by atoms with Crippen LogP contribution in [0.25, 0.3) is 0 Å². The number of benzene rings is 3. The molecule has 8 heteroatoms. The standard InChI is InChI=1S/C27H26ClN3O3S/c1-2-34-23-14-10-21(11-15-23)29-25(32)18-24-26(33)31(22-12-8-20(28)9-13-22)27(35)30(24)17-16-19-6-4-3-5-7-19/h3-15,24H,2,16-18H2,1H3,(H,29,32).